The van der Waals surface area contributed by atoms with Crippen molar-refractivity contribution in [2.45, 2.75) is 52.4 Å². The highest BCUT2D eigenvalue weighted by atomic mass is 79.9. The number of halogens is 1. The van der Waals surface area contributed by atoms with Crippen molar-refractivity contribution < 1.29 is 14.3 Å². The predicted octanol–water partition coefficient (Wildman–Crippen LogP) is 6.41. The second kappa shape index (κ2) is 13.6. The van der Waals surface area contributed by atoms with E-state index in [1.54, 1.807) is 42.5 Å². The van der Waals surface area contributed by atoms with Crippen molar-refractivity contribution in [1.29, 1.82) is 0 Å². The molecule has 0 aliphatic carbocycles. The fourth-order valence-corrected chi connectivity index (χ4v) is 4.60. The SMILES string of the molecule is CCCCCCOc1ccc(C(=O)NC(=S)Nc2ccc(C(=O)N3CCC(C)CC3)cc2)cc1Br. The third kappa shape index (κ3) is 8.32. The van der Waals surface area contributed by atoms with Gasteiger partial charge in [-0.2, -0.15) is 0 Å². The minimum atomic E-state index is -0.316. The second-order valence-corrected chi connectivity index (χ2v) is 10.3. The largest absolute Gasteiger partial charge is 0.492 e. The average Bonchev–Trinajstić information content (AvgIpc) is 2.85. The highest BCUT2D eigenvalue weighted by Gasteiger charge is 2.21. The molecule has 2 N–H and O–H groups in total. The van der Waals surface area contributed by atoms with E-state index in [-0.39, 0.29) is 16.9 Å². The van der Waals surface area contributed by atoms with Crippen LogP contribution in [0.5, 0.6) is 5.75 Å². The van der Waals surface area contributed by atoms with Gasteiger partial charge in [-0.25, -0.2) is 0 Å². The van der Waals surface area contributed by atoms with Gasteiger partial charge in [0.05, 0.1) is 11.1 Å². The lowest BCUT2D eigenvalue weighted by molar-refractivity contribution is 0.0697. The molecule has 0 bridgehead atoms. The zero-order chi connectivity index (χ0) is 25.2. The van der Waals surface area contributed by atoms with Gasteiger partial charge < -0.3 is 15.0 Å². The Hall–Kier alpha value is -2.45. The summed E-state index contributed by atoms with van der Waals surface area (Å²) in [6.45, 7) is 6.66. The number of anilines is 1. The van der Waals surface area contributed by atoms with Gasteiger partial charge in [0.1, 0.15) is 5.75 Å². The number of unbranched alkanes of at least 4 members (excludes halogenated alkanes) is 3. The van der Waals surface area contributed by atoms with Gasteiger partial charge in [0.15, 0.2) is 5.11 Å². The van der Waals surface area contributed by atoms with Gasteiger partial charge in [-0.15, -0.1) is 0 Å². The summed E-state index contributed by atoms with van der Waals surface area (Å²) >= 11 is 8.79. The Morgan fingerprint density at radius 2 is 1.74 bits per heavy atom. The molecule has 2 amide bonds. The fraction of sp³-hybridized carbons (Fsp3) is 0.444. The number of likely N-dealkylation sites (tertiary alicyclic amines) is 1. The number of ether oxygens (including phenoxy) is 1. The number of hydrogen-bond acceptors (Lipinski definition) is 4. The van der Waals surface area contributed by atoms with E-state index in [0.717, 1.165) is 43.2 Å². The van der Waals surface area contributed by atoms with Gasteiger partial charge in [0.25, 0.3) is 11.8 Å². The lowest BCUT2D eigenvalue weighted by atomic mass is 9.98. The molecule has 188 valence electrons. The summed E-state index contributed by atoms with van der Waals surface area (Å²) in [7, 11) is 0. The summed E-state index contributed by atoms with van der Waals surface area (Å²) in [6.07, 6.45) is 6.64. The maximum Gasteiger partial charge on any atom is 0.257 e. The molecule has 0 atom stereocenters. The normalized spacial score (nSPS) is 13.9. The van der Waals surface area contributed by atoms with Crippen molar-refractivity contribution in [2.24, 2.45) is 5.92 Å². The van der Waals surface area contributed by atoms with Crippen LogP contribution in [-0.4, -0.2) is 41.5 Å². The van der Waals surface area contributed by atoms with Crippen LogP contribution in [0.1, 0.15) is 73.1 Å². The van der Waals surface area contributed by atoms with Crippen LogP contribution in [0.25, 0.3) is 0 Å². The monoisotopic (exact) mass is 559 g/mol. The van der Waals surface area contributed by atoms with E-state index >= 15 is 0 Å². The minimum absolute atomic E-state index is 0.0540. The number of nitrogens with one attached hydrogen (secondary N) is 2. The maximum absolute atomic E-state index is 12.7. The Morgan fingerprint density at radius 3 is 2.40 bits per heavy atom. The summed E-state index contributed by atoms with van der Waals surface area (Å²) in [5, 5.41) is 5.88. The van der Waals surface area contributed by atoms with Crippen molar-refractivity contribution in [2.75, 3.05) is 25.0 Å². The molecule has 1 fully saturated rings. The molecular weight excluding hydrogens is 526 g/mol. The number of nitrogens with zero attached hydrogens (tertiary/aromatic N) is 1. The van der Waals surface area contributed by atoms with Crippen LogP contribution in [0.15, 0.2) is 46.9 Å². The maximum atomic E-state index is 12.7. The minimum Gasteiger partial charge on any atom is -0.492 e. The smallest absolute Gasteiger partial charge is 0.257 e. The predicted molar refractivity (Wildman–Crippen MR) is 148 cm³/mol. The third-order valence-corrected chi connectivity index (χ3v) is 6.96. The lowest BCUT2D eigenvalue weighted by Crippen LogP contribution is -2.37. The van der Waals surface area contributed by atoms with Crippen LogP contribution in [0.4, 0.5) is 5.69 Å². The molecule has 0 aromatic heterocycles. The summed E-state index contributed by atoms with van der Waals surface area (Å²) in [5.41, 5.74) is 1.82. The second-order valence-electron chi connectivity index (χ2n) is 9.01. The van der Waals surface area contributed by atoms with Crippen molar-refractivity contribution in [3.8, 4) is 5.75 Å². The Morgan fingerprint density at radius 1 is 1.06 bits per heavy atom. The number of carbonyl (C=O) groups excluding carboxylic acids is 2. The van der Waals surface area contributed by atoms with Gasteiger partial charge in [-0.1, -0.05) is 33.1 Å². The van der Waals surface area contributed by atoms with Crippen molar-refractivity contribution >= 4 is 50.8 Å². The third-order valence-electron chi connectivity index (χ3n) is 6.14. The first-order valence-electron chi connectivity index (χ1n) is 12.3. The van der Waals surface area contributed by atoms with E-state index in [1.807, 2.05) is 4.90 Å². The van der Waals surface area contributed by atoms with E-state index < -0.39 is 0 Å². The molecule has 0 unspecified atom stereocenters. The number of hydrogen-bond donors (Lipinski definition) is 2. The lowest BCUT2D eigenvalue weighted by Gasteiger charge is -2.30. The van der Waals surface area contributed by atoms with Gasteiger partial charge in [0.2, 0.25) is 0 Å². The van der Waals surface area contributed by atoms with Crippen LogP contribution in [-0.2, 0) is 0 Å². The standard InChI is InChI=1S/C27H34BrN3O3S/c1-3-4-5-6-17-34-24-12-9-21(18-23(24)28)25(32)30-27(35)29-22-10-7-20(8-11-22)26(33)31-15-13-19(2)14-16-31/h7-12,18-19H,3-6,13-17H2,1-2H3,(H2,29,30,32,35). The number of piperidine rings is 1. The molecular formula is C27H34BrN3O3S. The van der Waals surface area contributed by atoms with Crippen LogP contribution >= 0.6 is 28.1 Å². The topological polar surface area (TPSA) is 70.7 Å². The highest BCUT2D eigenvalue weighted by molar-refractivity contribution is 9.10. The van der Waals surface area contributed by atoms with E-state index in [2.05, 4.69) is 40.4 Å². The zero-order valence-corrected chi connectivity index (χ0v) is 22.8. The number of amides is 2. The summed E-state index contributed by atoms with van der Waals surface area (Å²) < 4.78 is 6.53. The van der Waals surface area contributed by atoms with E-state index in [4.69, 9.17) is 17.0 Å². The summed E-state index contributed by atoms with van der Waals surface area (Å²) in [6, 6.07) is 12.4. The van der Waals surface area contributed by atoms with Gasteiger partial charge in [-0.05, 0) is 95.8 Å². The quantitative estimate of drug-likeness (QED) is 0.274. The van der Waals surface area contributed by atoms with Crippen molar-refractivity contribution in [3.05, 3.63) is 58.1 Å². The molecule has 6 nitrogen and oxygen atoms in total. The molecule has 3 rings (SSSR count). The number of rotatable bonds is 9. The van der Waals surface area contributed by atoms with Gasteiger partial charge in [-0.3, -0.25) is 14.9 Å². The van der Waals surface area contributed by atoms with Crippen LogP contribution in [0, 0.1) is 5.92 Å². The number of thiocarbonyl (C=S) groups is 1. The molecule has 2 aromatic carbocycles. The molecule has 0 spiro atoms. The molecule has 0 radical (unpaired) electrons. The van der Waals surface area contributed by atoms with Crippen LogP contribution in [0.2, 0.25) is 0 Å². The van der Waals surface area contributed by atoms with Crippen molar-refractivity contribution in [1.82, 2.24) is 10.2 Å². The van der Waals surface area contributed by atoms with Crippen LogP contribution < -0.4 is 15.4 Å². The first-order chi connectivity index (χ1) is 16.9. The summed E-state index contributed by atoms with van der Waals surface area (Å²) in [4.78, 5) is 27.2. The first-order valence-corrected chi connectivity index (χ1v) is 13.5. The van der Waals surface area contributed by atoms with E-state index in [9.17, 15) is 9.59 Å². The Kier molecular flexibility index (Phi) is 10.5. The summed E-state index contributed by atoms with van der Waals surface area (Å²) in [5.74, 6) is 1.13. The highest BCUT2D eigenvalue weighted by Crippen LogP contribution is 2.26. The van der Waals surface area contributed by atoms with Crippen LogP contribution in [0.3, 0.4) is 0 Å². The molecule has 1 saturated heterocycles. The Labute approximate surface area is 221 Å². The Bertz CT molecular complexity index is 1020. The average molecular weight is 561 g/mol. The molecule has 1 aliphatic heterocycles. The van der Waals surface area contributed by atoms with Crippen molar-refractivity contribution in [3.63, 3.8) is 0 Å². The molecule has 8 heteroatoms. The molecule has 2 aromatic rings. The van der Waals surface area contributed by atoms with Gasteiger partial charge in [0, 0.05) is 29.9 Å². The number of benzene rings is 2. The fourth-order valence-electron chi connectivity index (χ4n) is 3.90. The molecule has 35 heavy (non-hydrogen) atoms. The Balaban J connectivity index is 1.48. The number of carbonyl (C=O) groups is 2. The molecule has 1 aliphatic rings. The van der Waals surface area contributed by atoms with Gasteiger partial charge >= 0.3 is 0 Å². The zero-order valence-electron chi connectivity index (χ0n) is 20.4. The first kappa shape index (κ1) is 27.1. The van der Waals surface area contributed by atoms with E-state index in [0.29, 0.717) is 35.1 Å². The molecule has 0 saturated carbocycles. The van der Waals surface area contributed by atoms with E-state index in [1.165, 1.54) is 12.8 Å². The molecule has 1 heterocycles.